The maximum absolute atomic E-state index is 15.1. The number of hydrogen-bond acceptors (Lipinski definition) is 8. The maximum atomic E-state index is 15.1. The van der Waals surface area contributed by atoms with Gasteiger partial charge in [-0.05, 0) is 56.3 Å². The summed E-state index contributed by atoms with van der Waals surface area (Å²) < 4.78 is 34.1. The number of benzene rings is 2. The van der Waals surface area contributed by atoms with Crippen molar-refractivity contribution in [1.82, 2.24) is 19.9 Å². The highest BCUT2D eigenvalue weighted by atomic mass is 19.1. The topological polar surface area (TPSA) is 113 Å². The molecule has 0 atom stereocenters. The zero-order valence-electron chi connectivity index (χ0n) is 22.2. The van der Waals surface area contributed by atoms with Crippen molar-refractivity contribution in [2.45, 2.75) is 12.8 Å². The van der Waals surface area contributed by atoms with Crippen LogP contribution in [0, 0.1) is 17.0 Å². The van der Waals surface area contributed by atoms with Gasteiger partial charge in [0, 0.05) is 55.9 Å². The van der Waals surface area contributed by atoms with E-state index in [2.05, 4.69) is 42.4 Å². The third-order valence-corrected chi connectivity index (χ3v) is 7.36. The average molecular weight is 560 g/mol. The molecule has 2 aromatic heterocycles. The van der Waals surface area contributed by atoms with Crippen LogP contribution in [0.2, 0.25) is 0 Å². The number of amides is 2. The fourth-order valence-electron chi connectivity index (χ4n) is 4.66. The number of nitrogens with one attached hydrogen (secondary N) is 2. The van der Waals surface area contributed by atoms with E-state index >= 15 is 4.39 Å². The lowest BCUT2D eigenvalue weighted by atomic mass is 10.0. The largest absolute Gasteiger partial charge is 0.452 e. The number of carbonyl (C=O) groups excluding carboxylic acids is 2. The fourth-order valence-corrected chi connectivity index (χ4v) is 4.66. The summed E-state index contributed by atoms with van der Waals surface area (Å²) in [6, 6.07) is 10.9. The van der Waals surface area contributed by atoms with E-state index in [1.807, 2.05) is 0 Å². The van der Waals surface area contributed by atoms with Crippen molar-refractivity contribution in [2.24, 2.45) is 5.41 Å². The Kier molecular flexibility index (Phi) is 6.91. The number of ether oxygens (including phenoxy) is 1. The van der Waals surface area contributed by atoms with Gasteiger partial charge in [0.1, 0.15) is 17.1 Å². The Balaban J connectivity index is 1.13. The van der Waals surface area contributed by atoms with Crippen molar-refractivity contribution in [3.8, 4) is 11.5 Å². The van der Waals surface area contributed by atoms with Crippen LogP contribution >= 0.6 is 0 Å². The number of nitrogens with zero attached hydrogens (tertiary/aromatic N) is 5. The molecule has 2 aliphatic rings. The van der Waals surface area contributed by atoms with E-state index in [-0.39, 0.29) is 17.2 Å². The summed E-state index contributed by atoms with van der Waals surface area (Å²) in [4.78, 5) is 43.6. The number of carbonyl (C=O) groups is 2. The smallest absolute Gasteiger partial charge is 0.240 e. The molecule has 3 heterocycles. The molecule has 1 saturated carbocycles. The minimum absolute atomic E-state index is 0.0735. The van der Waals surface area contributed by atoms with Crippen molar-refractivity contribution in [3.63, 3.8) is 0 Å². The van der Waals surface area contributed by atoms with Crippen molar-refractivity contribution in [3.05, 3.63) is 72.6 Å². The molecule has 41 heavy (non-hydrogen) atoms. The van der Waals surface area contributed by atoms with Crippen LogP contribution in [0.15, 0.2) is 60.9 Å². The first-order valence-electron chi connectivity index (χ1n) is 13.2. The highest BCUT2D eigenvalue weighted by molar-refractivity contribution is 6.16. The lowest BCUT2D eigenvalue weighted by molar-refractivity contribution is -0.131. The molecule has 10 nitrogen and oxygen atoms in total. The van der Waals surface area contributed by atoms with Gasteiger partial charge >= 0.3 is 0 Å². The predicted octanol–water partition coefficient (Wildman–Crippen LogP) is 4.20. The van der Waals surface area contributed by atoms with E-state index in [0.717, 1.165) is 38.1 Å². The number of hydrogen-bond donors (Lipinski definition) is 2. The van der Waals surface area contributed by atoms with Gasteiger partial charge in [0.05, 0.1) is 6.20 Å². The molecule has 2 amide bonds. The minimum atomic E-state index is -1.27. The van der Waals surface area contributed by atoms with Crippen molar-refractivity contribution in [2.75, 3.05) is 48.8 Å². The zero-order valence-corrected chi connectivity index (χ0v) is 22.2. The summed E-state index contributed by atoms with van der Waals surface area (Å²) in [6.45, 7) is 3.52. The number of likely N-dealkylation sites (N-methyl/N-ethyl adjacent to an activating group) is 1. The van der Waals surface area contributed by atoms with Crippen LogP contribution in [0.25, 0.3) is 11.2 Å². The standard InChI is InChI=1S/C29H27F2N7O3/c1-37-12-14-38(15-13-37)24-17-33-25-23(8-11-32-26(25)36-24)41-22-7-6-20(16-21(22)31)35-28(40)29(9-10-29)27(39)34-19-4-2-18(30)3-5-19/h2-8,11,16-17H,9-10,12-15H2,1H3,(H,34,39)(H,35,40). The second-order valence-corrected chi connectivity index (χ2v) is 10.2. The monoisotopic (exact) mass is 559 g/mol. The maximum Gasteiger partial charge on any atom is 0.240 e. The molecule has 12 heteroatoms. The Hall–Kier alpha value is -4.71. The lowest BCUT2D eigenvalue weighted by Gasteiger charge is -2.32. The number of piperazine rings is 1. The van der Waals surface area contributed by atoms with E-state index in [0.29, 0.717) is 29.7 Å². The Morgan fingerprint density at radius 2 is 1.56 bits per heavy atom. The van der Waals surface area contributed by atoms with Crippen LogP contribution in [0.4, 0.5) is 26.0 Å². The van der Waals surface area contributed by atoms with E-state index < -0.39 is 28.9 Å². The SMILES string of the molecule is CN1CCN(c2cnc3c(Oc4ccc(NC(=O)C5(C(=O)Nc6ccc(F)cc6)CC5)cc4F)ccnc3n2)CC1. The van der Waals surface area contributed by atoms with E-state index in [1.54, 1.807) is 12.3 Å². The van der Waals surface area contributed by atoms with E-state index in [4.69, 9.17) is 4.74 Å². The lowest BCUT2D eigenvalue weighted by Crippen LogP contribution is -2.44. The summed E-state index contributed by atoms with van der Waals surface area (Å²) in [7, 11) is 2.08. The molecule has 0 bridgehead atoms. The predicted molar refractivity (Wildman–Crippen MR) is 149 cm³/mol. The van der Waals surface area contributed by atoms with Gasteiger partial charge in [0.2, 0.25) is 11.8 Å². The van der Waals surface area contributed by atoms with Gasteiger partial charge < -0.3 is 25.2 Å². The van der Waals surface area contributed by atoms with Crippen molar-refractivity contribution >= 4 is 40.2 Å². The quantitative estimate of drug-likeness (QED) is 0.324. The average Bonchev–Trinajstić information content (AvgIpc) is 3.79. The normalized spacial score (nSPS) is 16.3. The highest BCUT2D eigenvalue weighted by Gasteiger charge is 2.56. The molecule has 2 N–H and O–H groups in total. The first-order chi connectivity index (χ1) is 19.8. The second-order valence-electron chi connectivity index (χ2n) is 10.2. The molecule has 0 spiro atoms. The molecule has 6 rings (SSSR count). The van der Waals surface area contributed by atoms with Gasteiger partial charge in [0.25, 0.3) is 0 Å². The summed E-state index contributed by atoms with van der Waals surface area (Å²) in [5.41, 5.74) is 0.0723. The molecule has 2 aromatic carbocycles. The number of anilines is 3. The molecule has 4 aromatic rings. The number of rotatable bonds is 7. The van der Waals surface area contributed by atoms with Crippen LogP contribution in [0.5, 0.6) is 11.5 Å². The molecule has 1 saturated heterocycles. The van der Waals surface area contributed by atoms with Crippen LogP contribution in [0.3, 0.4) is 0 Å². The fraction of sp³-hybridized carbons (Fsp3) is 0.276. The minimum Gasteiger partial charge on any atom is -0.452 e. The van der Waals surface area contributed by atoms with Crippen LogP contribution in [-0.4, -0.2) is 64.9 Å². The highest BCUT2D eigenvalue weighted by Crippen LogP contribution is 2.47. The van der Waals surface area contributed by atoms with E-state index in [9.17, 15) is 14.0 Å². The molecule has 2 fully saturated rings. The number of fused-ring (bicyclic) bond motifs is 1. The number of pyridine rings is 1. The van der Waals surface area contributed by atoms with Gasteiger partial charge in [-0.15, -0.1) is 0 Å². The Morgan fingerprint density at radius 1 is 0.878 bits per heavy atom. The molecule has 0 unspecified atom stereocenters. The van der Waals surface area contributed by atoms with E-state index in [1.165, 1.54) is 42.6 Å². The summed E-state index contributed by atoms with van der Waals surface area (Å²) in [6.07, 6.45) is 3.89. The summed E-state index contributed by atoms with van der Waals surface area (Å²) >= 11 is 0. The van der Waals surface area contributed by atoms with Crippen LogP contribution in [-0.2, 0) is 9.59 Å². The van der Waals surface area contributed by atoms with Gasteiger partial charge in [-0.25, -0.2) is 23.7 Å². The van der Waals surface area contributed by atoms with Crippen LogP contribution in [0.1, 0.15) is 12.8 Å². The third kappa shape index (κ3) is 5.50. The van der Waals surface area contributed by atoms with Crippen LogP contribution < -0.4 is 20.3 Å². The first-order valence-corrected chi connectivity index (χ1v) is 13.2. The zero-order chi connectivity index (χ0) is 28.6. The van der Waals surface area contributed by atoms with Gasteiger partial charge in [-0.2, -0.15) is 0 Å². The van der Waals surface area contributed by atoms with Crippen molar-refractivity contribution < 1.29 is 23.1 Å². The number of halogens is 2. The van der Waals surface area contributed by atoms with Gasteiger partial charge in [-0.3, -0.25) is 9.59 Å². The molecule has 210 valence electrons. The van der Waals surface area contributed by atoms with Gasteiger partial charge in [-0.1, -0.05) is 0 Å². The Bertz CT molecular complexity index is 1620. The molecule has 1 aliphatic heterocycles. The Morgan fingerprint density at radius 3 is 2.24 bits per heavy atom. The molecular formula is C29H27F2N7O3. The Labute approximate surface area is 234 Å². The molecule has 1 aliphatic carbocycles. The molecular weight excluding hydrogens is 532 g/mol. The number of aromatic nitrogens is 3. The van der Waals surface area contributed by atoms with Crippen molar-refractivity contribution in [1.29, 1.82) is 0 Å². The summed E-state index contributed by atoms with van der Waals surface area (Å²) in [5.74, 6) is -1.25. The van der Waals surface area contributed by atoms with Gasteiger partial charge in [0.15, 0.2) is 28.5 Å². The molecule has 0 radical (unpaired) electrons. The summed E-state index contributed by atoms with van der Waals surface area (Å²) in [5, 5.41) is 5.27. The second kappa shape index (κ2) is 10.7. The first kappa shape index (κ1) is 26.5. The third-order valence-electron chi connectivity index (χ3n) is 7.36.